The van der Waals surface area contributed by atoms with E-state index in [0.717, 1.165) is 5.69 Å². The molecule has 0 aromatic heterocycles. The summed E-state index contributed by atoms with van der Waals surface area (Å²) in [6.45, 7) is 0. The van der Waals surface area contributed by atoms with Crippen molar-refractivity contribution >= 4 is 17.3 Å². The second kappa shape index (κ2) is 7.14. The number of fused-ring (bicyclic) bond motifs is 1. The van der Waals surface area contributed by atoms with E-state index in [9.17, 15) is 19.7 Å². The van der Waals surface area contributed by atoms with Gasteiger partial charge in [0.25, 0.3) is 5.88 Å². The lowest BCUT2D eigenvalue weighted by atomic mass is 9.77. The number of anilines is 1. The molecule has 0 fully saturated rings. The quantitative estimate of drug-likeness (QED) is 0.616. The van der Waals surface area contributed by atoms with Crippen molar-refractivity contribution in [3.8, 4) is 0 Å². The molecular formula is C22H19N3O5. The molecule has 0 saturated carbocycles. The molecule has 1 N–H and O–H groups in total. The first-order valence-corrected chi connectivity index (χ1v) is 9.29. The van der Waals surface area contributed by atoms with E-state index in [-0.39, 0.29) is 34.0 Å². The number of nitro groups is 1. The Kier molecular flexibility index (Phi) is 4.62. The minimum absolute atomic E-state index is 0.0120. The molecule has 8 heteroatoms. The number of allylic oxidation sites excluding steroid dienone is 2. The van der Waals surface area contributed by atoms with Crippen molar-refractivity contribution in [2.24, 2.45) is 0 Å². The predicted molar refractivity (Wildman–Crippen MR) is 110 cm³/mol. The average molecular weight is 405 g/mol. The van der Waals surface area contributed by atoms with E-state index in [1.54, 1.807) is 36.4 Å². The second-order valence-electron chi connectivity index (χ2n) is 7.19. The molecule has 1 atom stereocenters. The molecule has 0 amide bonds. The summed E-state index contributed by atoms with van der Waals surface area (Å²) in [6, 6.07) is 13.5. The fourth-order valence-corrected chi connectivity index (χ4v) is 3.81. The van der Waals surface area contributed by atoms with Crippen LogP contribution < -0.4 is 10.2 Å². The zero-order valence-electron chi connectivity index (χ0n) is 16.6. The molecule has 8 nitrogen and oxygen atoms in total. The third-order valence-electron chi connectivity index (χ3n) is 5.28. The van der Waals surface area contributed by atoms with E-state index in [1.807, 2.05) is 31.1 Å². The lowest BCUT2D eigenvalue weighted by Gasteiger charge is -2.30. The van der Waals surface area contributed by atoms with Crippen molar-refractivity contribution in [2.45, 2.75) is 5.92 Å². The first kappa shape index (κ1) is 19.4. The summed E-state index contributed by atoms with van der Waals surface area (Å²) in [5.74, 6) is -2.29. The maximum Gasteiger partial charge on any atom is 0.317 e. The maximum absolute atomic E-state index is 13.4. The zero-order valence-corrected chi connectivity index (χ0v) is 16.6. The Morgan fingerprint density at radius 2 is 1.60 bits per heavy atom. The highest BCUT2D eigenvalue weighted by atomic mass is 16.6. The Hall–Kier alpha value is -3.94. The normalized spacial score (nSPS) is 17.9. The molecule has 1 aliphatic heterocycles. The van der Waals surface area contributed by atoms with Crippen molar-refractivity contribution in [1.29, 1.82) is 0 Å². The first-order valence-electron chi connectivity index (χ1n) is 9.29. The molecular weight excluding hydrogens is 386 g/mol. The summed E-state index contributed by atoms with van der Waals surface area (Å²) in [5, 5.41) is 14.7. The Morgan fingerprint density at radius 3 is 2.13 bits per heavy atom. The monoisotopic (exact) mass is 405 g/mol. The van der Waals surface area contributed by atoms with Crippen molar-refractivity contribution in [3.63, 3.8) is 0 Å². The van der Waals surface area contributed by atoms with Gasteiger partial charge in [-0.1, -0.05) is 36.4 Å². The molecule has 2 aromatic rings. The van der Waals surface area contributed by atoms with Crippen LogP contribution >= 0.6 is 0 Å². The Balaban J connectivity index is 1.96. The van der Waals surface area contributed by atoms with Crippen LogP contribution in [0.15, 0.2) is 71.4 Å². The van der Waals surface area contributed by atoms with Gasteiger partial charge in [0.15, 0.2) is 11.5 Å². The van der Waals surface area contributed by atoms with Gasteiger partial charge in [-0.25, -0.2) is 0 Å². The molecule has 4 rings (SSSR count). The summed E-state index contributed by atoms with van der Waals surface area (Å²) < 4.78 is 5.59. The molecule has 2 aromatic carbocycles. The van der Waals surface area contributed by atoms with Crippen LogP contribution in [0.4, 0.5) is 5.69 Å². The SMILES string of the molecule is CNC1=C([N+](=O)[O-])C(c2ccc(N(C)C)cc2)C2=C(O1)C(=O)c1ccccc1C2=O. The number of carbonyl (C=O) groups excluding carboxylic acids is 2. The van der Waals surface area contributed by atoms with E-state index in [4.69, 9.17) is 4.74 Å². The summed E-state index contributed by atoms with van der Waals surface area (Å²) in [4.78, 5) is 39.8. The van der Waals surface area contributed by atoms with Gasteiger partial charge < -0.3 is 15.0 Å². The summed E-state index contributed by atoms with van der Waals surface area (Å²) >= 11 is 0. The minimum atomic E-state index is -1.05. The van der Waals surface area contributed by atoms with E-state index in [0.29, 0.717) is 5.56 Å². The molecule has 1 unspecified atom stereocenters. The summed E-state index contributed by atoms with van der Waals surface area (Å²) in [5.41, 5.74) is 1.54. The van der Waals surface area contributed by atoms with E-state index < -0.39 is 22.4 Å². The third-order valence-corrected chi connectivity index (χ3v) is 5.28. The average Bonchev–Trinajstić information content (AvgIpc) is 2.75. The summed E-state index contributed by atoms with van der Waals surface area (Å²) in [6.07, 6.45) is 0. The molecule has 30 heavy (non-hydrogen) atoms. The number of ether oxygens (including phenoxy) is 1. The Labute approximate surface area is 172 Å². The van der Waals surface area contributed by atoms with Crippen LogP contribution in [-0.2, 0) is 4.74 Å². The third kappa shape index (κ3) is 2.85. The van der Waals surface area contributed by atoms with Crippen molar-refractivity contribution in [1.82, 2.24) is 5.32 Å². The van der Waals surface area contributed by atoms with Crippen molar-refractivity contribution < 1.29 is 19.2 Å². The highest BCUT2D eigenvalue weighted by Gasteiger charge is 2.48. The van der Waals surface area contributed by atoms with Crippen LogP contribution in [-0.4, -0.2) is 37.6 Å². The first-order chi connectivity index (χ1) is 14.3. The van der Waals surface area contributed by atoms with Gasteiger partial charge in [0.05, 0.1) is 10.5 Å². The van der Waals surface area contributed by atoms with Gasteiger partial charge in [-0.2, -0.15) is 0 Å². The molecule has 0 radical (unpaired) electrons. The van der Waals surface area contributed by atoms with Crippen molar-refractivity contribution in [2.75, 3.05) is 26.0 Å². The molecule has 1 heterocycles. The molecule has 2 aliphatic rings. The topological polar surface area (TPSA) is 102 Å². The molecule has 0 bridgehead atoms. The van der Waals surface area contributed by atoms with Gasteiger partial charge in [0.1, 0.15) is 5.92 Å². The molecule has 1 aliphatic carbocycles. The van der Waals surface area contributed by atoms with Crippen LogP contribution in [0.5, 0.6) is 0 Å². The lowest BCUT2D eigenvalue weighted by molar-refractivity contribution is -0.433. The van der Waals surface area contributed by atoms with Crippen LogP contribution in [0.3, 0.4) is 0 Å². The van der Waals surface area contributed by atoms with Gasteiger partial charge in [-0.3, -0.25) is 19.7 Å². The van der Waals surface area contributed by atoms with E-state index >= 15 is 0 Å². The molecule has 0 spiro atoms. The van der Waals surface area contributed by atoms with Gasteiger partial charge in [0, 0.05) is 38.0 Å². The van der Waals surface area contributed by atoms with Crippen LogP contribution in [0, 0.1) is 10.1 Å². The number of carbonyl (C=O) groups is 2. The zero-order chi connectivity index (χ0) is 21.6. The minimum Gasteiger partial charge on any atom is -0.431 e. The van der Waals surface area contributed by atoms with Gasteiger partial charge in [-0.15, -0.1) is 0 Å². The lowest BCUT2D eigenvalue weighted by Crippen LogP contribution is -2.35. The Bertz CT molecular complexity index is 1150. The van der Waals surface area contributed by atoms with E-state index in [2.05, 4.69) is 5.32 Å². The highest BCUT2D eigenvalue weighted by molar-refractivity contribution is 6.27. The van der Waals surface area contributed by atoms with E-state index in [1.165, 1.54) is 7.05 Å². The van der Waals surface area contributed by atoms with Gasteiger partial charge in [-0.05, 0) is 17.7 Å². The fourth-order valence-electron chi connectivity index (χ4n) is 3.81. The number of hydrogen-bond donors (Lipinski definition) is 1. The highest BCUT2D eigenvalue weighted by Crippen LogP contribution is 2.44. The second-order valence-corrected chi connectivity index (χ2v) is 7.19. The largest absolute Gasteiger partial charge is 0.431 e. The predicted octanol–water partition coefficient (Wildman–Crippen LogP) is 2.86. The van der Waals surface area contributed by atoms with Gasteiger partial charge in [0.2, 0.25) is 5.78 Å². The van der Waals surface area contributed by atoms with Crippen LogP contribution in [0.25, 0.3) is 0 Å². The van der Waals surface area contributed by atoms with Crippen LogP contribution in [0.1, 0.15) is 32.2 Å². The number of nitrogens with one attached hydrogen (secondary N) is 1. The number of hydrogen-bond acceptors (Lipinski definition) is 7. The number of Topliss-reactive ketones (excluding diaryl/α,β-unsaturated/α-hetero) is 2. The molecule has 0 saturated heterocycles. The smallest absolute Gasteiger partial charge is 0.317 e. The fraction of sp³-hybridized carbons (Fsp3) is 0.182. The molecule has 152 valence electrons. The number of ketones is 2. The standard InChI is InChI=1S/C22H19N3O5/c1-23-22-18(25(28)29)16(12-8-10-13(11-9-12)24(2)3)17-19(26)14-6-4-5-7-15(14)20(27)21(17)30-22/h4-11,16,23H,1-3H3. The van der Waals surface area contributed by atoms with Crippen LogP contribution in [0.2, 0.25) is 0 Å². The summed E-state index contributed by atoms with van der Waals surface area (Å²) in [7, 11) is 5.23. The number of nitrogens with zero attached hydrogens (tertiary/aromatic N) is 2. The van der Waals surface area contributed by atoms with Gasteiger partial charge >= 0.3 is 5.70 Å². The number of rotatable bonds is 4. The Morgan fingerprint density at radius 1 is 1.00 bits per heavy atom. The number of benzene rings is 2. The van der Waals surface area contributed by atoms with Crippen molar-refractivity contribution in [3.05, 3.63) is 98.2 Å². The maximum atomic E-state index is 13.4.